The molecule has 0 aromatic heterocycles. The van der Waals surface area contributed by atoms with Crippen molar-refractivity contribution in [1.82, 2.24) is 10.2 Å². The molecule has 0 bridgehead atoms. The van der Waals surface area contributed by atoms with Gasteiger partial charge in [0.15, 0.2) is 0 Å². The number of carbonyl (C=O) groups excluding carboxylic acids is 2. The Balaban J connectivity index is 1.77. The molecule has 10 nitrogen and oxygen atoms in total. The highest BCUT2D eigenvalue weighted by molar-refractivity contribution is 7.89. The van der Waals surface area contributed by atoms with E-state index in [4.69, 9.17) is 5.21 Å². The number of urea groups is 1. The van der Waals surface area contributed by atoms with Crippen LogP contribution >= 0.6 is 0 Å². The third kappa shape index (κ3) is 10.6. The average Bonchev–Trinajstić information content (AvgIpc) is 2.79. The maximum Gasteiger partial charge on any atom is 0.573 e. The molecule has 0 unspecified atom stereocenters. The van der Waals surface area contributed by atoms with Crippen molar-refractivity contribution < 1.29 is 41.1 Å². The molecule has 0 aliphatic carbocycles. The number of amides is 3. The summed E-state index contributed by atoms with van der Waals surface area (Å²) in [5.74, 6) is -0.893. The van der Waals surface area contributed by atoms with Crippen molar-refractivity contribution in [2.75, 3.05) is 17.2 Å². The summed E-state index contributed by atoms with van der Waals surface area (Å²) in [5.41, 5.74) is 2.06. The number of nitrogens with one attached hydrogen (secondary N) is 4. The molecule has 3 amide bonds. The van der Waals surface area contributed by atoms with E-state index in [9.17, 15) is 31.2 Å². The zero-order chi connectivity index (χ0) is 25.9. The lowest BCUT2D eigenvalue weighted by Crippen LogP contribution is -2.25. The first-order valence-electron chi connectivity index (χ1n) is 10.4. The molecule has 0 heterocycles. The minimum Gasteiger partial charge on any atom is -0.406 e. The Bertz CT molecular complexity index is 1080. The molecule has 5 N–H and O–H groups in total. The van der Waals surface area contributed by atoms with Gasteiger partial charge >= 0.3 is 12.4 Å². The molecular formula is C21H25F3N4O6S. The zero-order valence-corrected chi connectivity index (χ0v) is 19.2. The summed E-state index contributed by atoms with van der Waals surface area (Å²) in [4.78, 5) is 23.0. The van der Waals surface area contributed by atoms with Gasteiger partial charge in [-0.2, -0.15) is 0 Å². The minimum absolute atomic E-state index is 0.00308. The number of halogens is 3. The molecule has 0 fully saturated rings. The largest absolute Gasteiger partial charge is 0.573 e. The normalized spacial score (nSPS) is 11.5. The van der Waals surface area contributed by atoms with E-state index in [-0.39, 0.29) is 23.5 Å². The highest BCUT2D eigenvalue weighted by Gasteiger charge is 2.31. The van der Waals surface area contributed by atoms with Gasteiger partial charge < -0.3 is 15.4 Å². The van der Waals surface area contributed by atoms with Gasteiger partial charge in [-0.3, -0.25) is 10.0 Å². The van der Waals surface area contributed by atoms with Crippen LogP contribution in [0, 0.1) is 0 Å². The molecule has 192 valence electrons. The Hall–Kier alpha value is -3.36. The van der Waals surface area contributed by atoms with Crippen molar-refractivity contribution in [3.05, 3.63) is 48.5 Å². The molecule has 2 aromatic carbocycles. The smallest absolute Gasteiger partial charge is 0.406 e. The van der Waals surface area contributed by atoms with Gasteiger partial charge in [-0.25, -0.2) is 23.4 Å². The zero-order valence-electron chi connectivity index (χ0n) is 18.4. The molecule has 0 aliphatic rings. The van der Waals surface area contributed by atoms with Crippen LogP contribution in [0.5, 0.6) is 5.75 Å². The molecule has 35 heavy (non-hydrogen) atoms. The van der Waals surface area contributed by atoms with Crippen LogP contribution in [-0.4, -0.2) is 38.5 Å². The number of hydrogen-bond donors (Lipinski definition) is 5. The first kappa shape index (κ1) is 27.9. The van der Waals surface area contributed by atoms with Crippen molar-refractivity contribution in [2.24, 2.45) is 0 Å². The van der Waals surface area contributed by atoms with Crippen LogP contribution in [-0.2, 0) is 14.8 Å². The predicted molar refractivity (Wildman–Crippen MR) is 120 cm³/mol. The maximum absolute atomic E-state index is 12.4. The monoisotopic (exact) mass is 518 g/mol. The van der Waals surface area contributed by atoms with Crippen LogP contribution < -0.4 is 25.6 Å². The number of rotatable bonds is 12. The van der Waals surface area contributed by atoms with Gasteiger partial charge in [0.25, 0.3) is 0 Å². The highest BCUT2D eigenvalue weighted by atomic mass is 32.2. The molecule has 0 atom stereocenters. The summed E-state index contributed by atoms with van der Waals surface area (Å²) in [6.45, 7) is 0.212. The van der Waals surface area contributed by atoms with Crippen molar-refractivity contribution >= 4 is 33.3 Å². The van der Waals surface area contributed by atoms with Crippen LogP contribution in [0.15, 0.2) is 53.4 Å². The molecule has 0 aliphatic heterocycles. The molecular weight excluding hydrogens is 493 g/mol. The van der Waals surface area contributed by atoms with E-state index in [2.05, 4.69) is 20.1 Å². The van der Waals surface area contributed by atoms with E-state index < -0.39 is 34.1 Å². The Kier molecular flexibility index (Phi) is 10.3. The fourth-order valence-corrected chi connectivity index (χ4v) is 3.93. The maximum atomic E-state index is 12.4. The second kappa shape index (κ2) is 12.9. The minimum atomic E-state index is -4.82. The van der Waals surface area contributed by atoms with E-state index in [1.807, 2.05) is 0 Å². The molecule has 0 saturated heterocycles. The fraction of sp³-hybridized carbons (Fsp3) is 0.333. The number of alkyl halides is 3. The van der Waals surface area contributed by atoms with E-state index in [1.165, 1.54) is 36.4 Å². The molecule has 0 spiro atoms. The summed E-state index contributed by atoms with van der Waals surface area (Å²) >= 11 is 0. The Morgan fingerprint density at radius 3 is 1.94 bits per heavy atom. The van der Waals surface area contributed by atoms with E-state index in [0.717, 1.165) is 12.1 Å². The van der Waals surface area contributed by atoms with Gasteiger partial charge in [0.1, 0.15) is 5.75 Å². The lowest BCUT2D eigenvalue weighted by Gasteiger charge is -2.11. The van der Waals surface area contributed by atoms with Gasteiger partial charge in [-0.15, -0.1) is 13.2 Å². The van der Waals surface area contributed by atoms with Crippen LogP contribution in [0.2, 0.25) is 0 Å². The number of carbonyl (C=O) groups is 2. The quantitative estimate of drug-likeness (QED) is 0.163. The van der Waals surface area contributed by atoms with Crippen molar-refractivity contribution in [3.63, 3.8) is 0 Å². The van der Waals surface area contributed by atoms with E-state index >= 15 is 0 Å². The molecule has 2 aromatic rings. The number of ether oxygens (including phenoxy) is 1. The number of hydroxylamine groups is 1. The van der Waals surface area contributed by atoms with Gasteiger partial charge in [-0.05, 0) is 61.4 Å². The second-order valence-corrected chi connectivity index (χ2v) is 9.04. The first-order valence-corrected chi connectivity index (χ1v) is 11.9. The standard InChI is InChI=1S/C21H25F3N4O6S/c22-21(23,24)34-17-10-6-15(7-11-17)26-20(30)27-16-8-12-18(13-9-16)35(32,33)25-14-4-2-1-3-5-19(29)28-31/h6-13,25,31H,1-5,14H2,(H,28,29)(H2,26,27,30). The van der Waals surface area contributed by atoms with Crippen LogP contribution in [0.1, 0.15) is 32.1 Å². The lowest BCUT2D eigenvalue weighted by molar-refractivity contribution is -0.274. The topological polar surface area (TPSA) is 146 Å². The Morgan fingerprint density at radius 1 is 0.857 bits per heavy atom. The van der Waals surface area contributed by atoms with E-state index in [1.54, 1.807) is 5.48 Å². The summed E-state index contributed by atoms with van der Waals surface area (Å²) in [5, 5.41) is 13.3. The van der Waals surface area contributed by atoms with Crippen LogP contribution in [0.25, 0.3) is 0 Å². The molecule has 0 radical (unpaired) electrons. The predicted octanol–water partition coefficient (Wildman–Crippen LogP) is 3.96. The van der Waals surface area contributed by atoms with Crippen LogP contribution in [0.3, 0.4) is 0 Å². The van der Waals surface area contributed by atoms with Crippen molar-refractivity contribution in [2.45, 2.75) is 43.4 Å². The molecule has 14 heteroatoms. The second-order valence-electron chi connectivity index (χ2n) is 7.27. The number of benzene rings is 2. The summed E-state index contributed by atoms with van der Waals surface area (Å²) in [6, 6.07) is 9.28. The number of anilines is 2. The lowest BCUT2D eigenvalue weighted by atomic mass is 10.1. The number of sulfonamides is 1. The van der Waals surface area contributed by atoms with Crippen LogP contribution in [0.4, 0.5) is 29.3 Å². The Morgan fingerprint density at radius 2 is 1.40 bits per heavy atom. The average molecular weight is 519 g/mol. The third-order valence-electron chi connectivity index (χ3n) is 4.52. The SMILES string of the molecule is O=C(CCCCCCNS(=O)(=O)c1ccc(NC(=O)Nc2ccc(OC(F)(F)F)cc2)cc1)NO. The van der Waals surface area contributed by atoms with E-state index in [0.29, 0.717) is 31.4 Å². The number of unbranched alkanes of at least 4 members (excludes halogenated alkanes) is 3. The molecule has 2 rings (SSSR count). The summed E-state index contributed by atoms with van der Waals surface area (Å²) < 4.78 is 67.5. The molecule has 0 saturated carbocycles. The van der Waals surface area contributed by atoms with Gasteiger partial charge in [0.05, 0.1) is 4.90 Å². The van der Waals surface area contributed by atoms with Gasteiger partial charge in [0.2, 0.25) is 15.9 Å². The van der Waals surface area contributed by atoms with Crippen molar-refractivity contribution in [3.8, 4) is 5.75 Å². The highest BCUT2D eigenvalue weighted by Crippen LogP contribution is 2.24. The van der Waals surface area contributed by atoms with Gasteiger partial charge in [-0.1, -0.05) is 12.8 Å². The summed E-state index contributed by atoms with van der Waals surface area (Å²) in [7, 11) is -3.75. The Labute approximate surface area is 199 Å². The van der Waals surface area contributed by atoms with Crippen molar-refractivity contribution in [1.29, 1.82) is 0 Å². The van der Waals surface area contributed by atoms with Gasteiger partial charge in [0, 0.05) is 24.3 Å². The number of hydrogen-bond acceptors (Lipinski definition) is 6. The fourth-order valence-electron chi connectivity index (χ4n) is 2.86. The third-order valence-corrected chi connectivity index (χ3v) is 5.99. The summed E-state index contributed by atoms with van der Waals surface area (Å²) in [6.07, 6.45) is -2.05. The first-order chi connectivity index (χ1) is 16.5.